The lowest BCUT2D eigenvalue weighted by atomic mass is 9.97. The first-order valence-corrected chi connectivity index (χ1v) is 7.57. The molecule has 0 nitrogen and oxygen atoms in total. The molecule has 0 heterocycles. The number of allylic oxidation sites excluding steroid dienone is 2. The quantitative estimate of drug-likeness (QED) is 0.532. The maximum atomic E-state index is 2.18. The van der Waals surface area contributed by atoms with Gasteiger partial charge in [0, 0.05) is 0 Å². The van der Waals surface area contributed by atoms with E-state index in [0.29, 0.717) is 0 Å². The van der Waals surface area contributed by atoms with Crippen LogP contribution in [-0.4, -0.2) is 0 Å². The standard InChI is InChI=1S/C16H16.2C2H6/c1-13(15-9-5-3-6-10-15)14(2)16-11-7-4-8-12-16;2*1-2/h3-12H,1-2H3;2*1-2H3. The minimum atomic E-state index is 1.30. The maximum absolute atomic E-state index is 2.18. The van der Waals surface area contributed by atoms with E-state index >= 15 is 0 Å². The van der Waals surface area contributed by atoms with Crippen LogP contribution in [0.2, 0.25) is 0 Å². The van der Waals surface area contributed by atoms with E-state index < -0.39 is 0 Å². The van der Waals surface area contributed by atoms with Gasteiger partial charge < -0.3 is 0 Å². The Hall–Kier alpha value is -1.82. The molecule has 0 aromatic heterocycles. The van der Waals surface area contributed by atoms with E-state index in [4.69, 9.17) is 0 Å². The highest BCUT2D eigenvalue weighted by Gasteiger charge is 2.01. The molecule has 108 valence electrons. The Bertz CT molecular complexity index is 430. The fraction of sp³-hybridized carbons (Fsp3) is 0.300. The zero-order chi connectivity index (χ0) is 15.4. The van der Waals surface area contributed by atoms with Crippen molar-refractivity contribution in [3.63, 3.8) is 0 Å². The van der Waals surface area contributed by atoms with Gasteiger partial charge in [-0.25, -0.2) is 0 Å². The van der Waals surface area contributed by atoms with Gasteiger partial charge in [0.2, 0.25) is 0 Å². The third-order valence-electron chi connectivity index (χ3n) is 2.98. The molecule has 0 saturated carbocycles. The Labute approximate surface area is 125 Å². The summed E-state index contributed by atoms with van der Waals surface area (Å²) in [5.41, 5.74) is 5.27. The van der Waals surface area contributed by atoms with Crippen LogP contribution in [0.1, 0.15) is 52.7 Å². The summed E-state index contributed by atoms with van der Waals surface area (Å²) in [5.74, 6) is 0. The van der Waals surface area contributed by atoms with E-state index in [2.05, 4.69) is 74.5 Å². The molecule has 0 heteroatoms. The van der Waals surface area contributed by atoms with E-state index in [0.717, 1.165) is 0 Å². The minimum Gasteiger partial charge on any atom is -0.0683 e. The van der Waals surface area contributed by atoms with Crippen LogP contribution in [0.15, 0.2) is 60.7 Å². The third kappa shape index (κ3) is 5.44. The van der Waals surface area contributed by atoms with Gasteiger partial charge in [0.25, 0.3) is 0 Å². The van der Waals surface area contributed by atoms with E-state index in [9.17, 15) is 0 Å². The summed E-state index contributed by atoms with van der Waals surface area (Å²) in [5, 5.41) is 0. The van der Waals surface area contributed by atoms with Gasteiger partial charge in [0.05, 0.1) is 0 Å². The predicted molar refractivity (Wildman–Crippen MR) is 93.7 cm³/mol. The van der Waals surface area contributed by atoms with Gasteiger partial charge in [-0.3, -0.25) is 0 Å². The highest BCUT2D eigenvalue weighted by atomic mass is 14.1. The maximum Gasteiger partial charge on any atom is -0.0224 e. The van der Waals surface area contributed by atoms with Crippen molar-refractivity contribution in [1.29, 1.82) is 0 Å². The van der Waals surface area contributed by atoms with Crippen molar-refractivity contribution in [2.45, 2.75) is 41.5 Å². The zero-order valence-corrected chi connectivity index (χ0v) is 13.8. The summed E-state index contributed by atoms with van der Waals surface area (Å²) in [6, 6.07) is 21.0. The molecular formula is C20H28. The van der Waals surface area contributed by atoms with Gasteiger partial charge in [-0.15, -0.1) is 0 Å². The van der Waals surface area contributed by atoms with Gasteiger partial charge in [0.15, 0.2) is 0 Å². The molecule has 0 atom stereocenters. The molecule has 0 unspecified atom stereocenters. The van der Waals surface area contributed by atoms with Gasteiger partial charge in [-0.05, 0) is 36.1 Å². The Morgan fingerprint density at radius 1 is 0.500 bits per heavy atom. The summed E-state index contributed by atoms with van der Waals surface area (Å²) in [6.07, 6.45) is 0. The van der Waals surface area contributed by atoms with Crippen molar-refractivity contribution in [2.75, 3.05) is 0 Å². The third-order valence-corrected chi connectivity index (χ3v) is 2.98. The molecule has 0 spiro atoms. The lowest BCUT2D eigenvalue weighted by molar-refractivity contribution is 1.50. The van der Waals surface area contributed by atoms with Crippen LogP contribution >= 0.6 is 0 Å². The molecule has 20 heavy (non-hydrogen) atoms. The highest BCUT2D eigenvalue weighted by molar-refractivity contribution is 5.88. The van der Waals surface area contributed by atoms with Crippen molar-refractivity contribution in [1.82, 2.24) is 0 Å². The lowest BCUT2D eigenvalue weighted by Gasteiger charge is -2.08. The number of benzene rings is 2. The highest BCUT2D eigenvalue weighted by Crippen LogP contribution is 2.24. The first-order valence-electron chi connectivity index (χ1n) is 7.57. The predicted octanol–water partition coefficient (Wildman–Crippen LogP) is 6.69. The Morgan fingerprint density at radius 3 is 1.00 bits per heavy atom. The Balaban J connectivity index is 0.000000829. The second-order valence-electron chi connectivity index (χ2n) is 3.98. The van der Waals surface area contributed by atoms with E-state index in [1.165, 1.54) is 22.3 Å². The van der Waals surface area contributed by atoms with Crippen molar-refractivity contribution in [3.05, 3.63) is 71.8 Å². The number of rotatable bonds is 2. The minimum absolute atomic E-state index is 1.30. The monoisotopic (exact) mass is 268 g/mol. The summed E-state index contributed by atoms with van der Waals surface area (Å²) < 4.78 is 0. The largest absolute Gasteiger partial charge is 0.0683 e. The smallest absolute Gasteiger partial charge is 0.0224 e. The van der Waals surface area contributed by atoms with Crippen LogP contribution in [-0.2, 0) is 0 Å². The van der Waals surface area contributed by atoms with Crippen LogP contribution in [0, 0.1) is 0 Å². The fourth-order valence-electron chi connectivity index (χ4n) is 1.81. The molecule has 0 fully saturated rings. The van der Waals surface area contributed by atoms with Crippen molar-refractivity contribution in [3.8, 4) is 0 Å². The summed E-state index contributed by atoms with van der Waals surface area (Å²) >= 11 is 0. The number of hydrogen-bond donors (Lipinski definition) is 0. The second kappa shape index (κ2) is 11.0. The molecule has 0 N–H and O–H groups in total. The summed E-state index contributed by atoms with van der Waals surface area (Å²) in [7, 11) is 0. The van der Waals surface area contributed by atoms with E-state index in [1.54, 1.807) is 0 Å². The topological polar surface area (TPSA) is 0 Å². The lowest BCUT2D eigenvalue weighted by Crippen LogP contribution is -1.85. The van der Waals surface area contributed by atoms with Crippen LogP contribution in [0.3, 0.4) is 0 Å². The summed E-state index contributed by atoms with van der Waals surface area (Å²) in [4.78, 5) is 0. The van der Waals surface area contributed by atoms with E-state index in [1.807, 2.05) is 27.7 Å². The molecule has 2 rings (SSSR count). The van der Waals surface area contributed by atoms with Gasteiger partial charge in [-0.2, -0.15) is 0 Å². The average molecular weight is 268 g/mol. The average Bonchev–Trinajstić information content (AvgIpc) is 2.59. The fourth-order valence-corrected chi connectivity index (χ4v) is 1.81. The van der Waals surface area contributed by atoms with Gasteiger partial charge >= 0.3 is 0 Å². The van der Waals surface area contributed by atoms with Crippen molar-refractivity contribution >= 4 is 11.1 Å². The van der Waals surface area contributed by atoms with Crippen molar-refractivity contribution in [2.24, 2.45) is 0 Å². The summed E-state index contributed by atoms with van der Waals surface area (Å²) in [6.45, 7) is 12.4. The van der Waals surface area contributed by atoms with Crippen LogP contribution in [0.4, 0.5) is 0 Å². The van der Waals surface area contributed by atoms with Crippen LogP contribution < -0.4 is 0 Å². The molecule has 2 aromatic carbocycles. The Kier molecular flexibility index (Phi) is 10.0. The van der Waals surface area contributed by atoms with Crippen LogP contribution in [0.5, 0.6) is 0 Å². The molecular weight excluding hydrogens is 240 g/mol. The molecule has 2 aromatic rings. The molecule has 0 radical (unpaired) electrons. The Morgan fingerprint density at radius 2 is 0.750 bits per heavy atom. The second-order valence-corrected chi connectivity index (χ2v) is 3.98. The van der Waals surface area contributed by atoms with E-state index in [-0.39, 0.29) is 0 Å². The zero-order valence-electron chi connectivity index (χ0n) is 13.8. The van der Waals surface area contributed by atoms with Crippen LogP contribution in [0.25, 0.3) is 11.1 Å². The molecule has 0 saturated heterocycles. The van der Waals surface area contributed by atoms with Crippen molar-refractivity contribution < 1.29 is 0 Å². The molecule has 0 aliphatic heterocycles. The van der Waals surface area contributed by atoms with Gasteiger partial charge in [0.1, 0.15) is 0 Å². The molecule has 0 aliphatic carbocycles. The molecule has 0 amide bonds. The number of hydrogen-bond acceptors (Lipinski definition) is 0. The first kappa shape index (κ1) is 18.2. The van der Waals surface area contributed by atoms with Gasteiger partial charge in [-0.1, -0.05) is 88.4 Å². The SMILES string of the molecule is CC.CC.CC(=C(C)c1ccccc1)c1ccccc1. The molecule has 0 bridgehead atoms. The normalized spacial score (nSPS) is 10.3. The molecule has 0 aliphatic rings. The first-order chi connectivity index (χ1) is 9.79.